The molecule has 1 N–H and O–H groups in total. The number of ether oxygens (including phenoxy) is 1. The largest absolute Gasteiger partial charge is 0.480 e. The zero-order chi connectivity index (χ0) is 18.4. The Morgan fingerprint density at radius 2 is 1.92 bits per heavy atom. The molecule has 144 valence electrons. The van der Waals surface area contributed by atoms with E-state index in [1.807, 2.05) is 0 Å². The van der Waals surface area contributed by atoms with Gasteiger partial charge in [-0.3, -0.25) is 9.59 Å². The second-order valence-electron chi connectivity index (χ2n) is 6.99. The van der Waals surface area contributed by atoms with Crippen LogP contribution in [0.2, 0.25) is 0 Å². The Morgan fingerprint density at radius 3 is 2.52 bits per heavy atom. The SMILES string of the molecule is CS(=O)(=O)N(CC(=O)O)CC1CN(C(=O)CC2CCCCC2)CCO1. The molecule has 9 heteroatoms. The Bertz CT molecular complexity index is 573. The lowest BCUT2D eigenvalue weighted by Crippen LogP contribution is -2.51. The minimum atomic E-state index is -3.65. The summed E-state index contributed by atoms with van der Waals surface area (Å²) in [7, 11) is -3.65. The van der Waals surface area contributed by atoms with E-state index in [2.05, 4.69) is 0 Å². The normalized spacial score (nSPS) is 23.0. The molecule has 0 spiro atoms. The first kappa shape index (κ1) is 20.1. The number of sulfonamides is 1. The minimum absolute atomic E-state index is 0.0572. The van der Waals surface area contributed by atoms with Gasteiger partial charge in [-0.05, 0) is 18.8 Å². The molecule has 0 aromatic rings. The number of aliphatic carboxylic acids is 1. The first-order valence-corrected chi connectivity index (χ1v) is 10.7. The third kappa shape index (κ3) is 6.56. The van der Waals surface area contributed by atoms with Crippen molar-refractivity contribution >= 4 is 21.9 Å². The number of carboxylic acid groups (broad SMARTS) is 1. The van der Waals surface area contributed by atoms with Crippen LogP contribution in [-0.2, 0) is 24.3 Å². The summed E-state index contributed by atoms with van der Waals surface area (Å²) in [5.74, 6) is -0.683. The van der Waals surface area contributed by atoms with Gasteiger partial charge in [0.1, 0.15) is 6.54 Å². The van der Waals surface area contributed by atoms with Crippen LogP contribution < -0.4 is 0 Å². The number of carbonyl (C=O) groups excluding carboxylic acids is 1. The summed E-state index contributed by atoms with van der Waals surface area (Å²) in [5.41, 5.74) is 0. The summed E-state index contributed by atoms with van der Waals surface area (Å²) in [5, 5.41) is 8.89. The van der Waals surface area contributed by atoms with Gasteiger partial charge in [0.05, 0.1) is 19.0 Å². The van der Waals surface area contributed by atoms with Gasteiger partial charge < -0.3 is 14.7 Å². The molecule has 1 unspecified atom stereocenters. The van der Waals surface area contributed by atoms with Crippen molar-refractivity contribution in [3.05, 3.63) is 0 Å². The fraction of sp³-hybridized carbons (Fsp3) is 0.875. The van der Waals surface area contributed by atoms with Crippen LogP contribution in [0.4, 0.5) is 0 Å². The quantitative estimate of drug-likeness (QED) is 0.695. The van der Waals surface area contributed by atoms with E-state index in [9.17, 15) is 18.0 Å². The van der Waals surface area contributed by atoms with E-state index < -0.39 is 28.6 Å². The maximum atomic E-state index is 12.5. The number of hydrogen-bond acceptors (Lipinski definition) is 5. The molecule has 1 saturated carbocycles. The summed E-state index contributed by atoms with van der Waals surface area (Å²) in [6.45, 7) is 0.482. The number of carbonyl (C=O) groups is 2. The monoisotopic (exact) mass is 376 g/mol. The second-order valence-corrected chi connectivity index (χ2v) is 8.97. The van der Waals surface area contributed by atoms with Crippen molar-refractivity contribution in [3.63, 3.8) is 0 Å². The van der Waals surface area contributed by atoms with Gasteiger partial charge in [0, 0.05) is 26.1 Å². The fourth-order valence-corrected chi connectivity index (χ4v) is 4.30. The molecule has 0 aromatic carbocycles. The Hall–Kier alpha value is -1.19. The van der Waals surface area contributed by atoms with Crippen LogP contribution in [0, 0.1) is 5.92 Å². The number of carboxylic acids is 1. The highest BCUT2D eigenvalue weighted by atomic mass is 32.2. The topological polar surface area (TPSA) is 104 Å². The Labute approximate surface area is 149 Å². The molecule has 0 radical (unpaired) electrons. The zero-order valence-corrected chi connectivity index (χ0v) is 15.5. The number of morpholine rings is 1. The summed E-state index contributed by atoms with van der Waals surface area (Å²) >= 11 is 0. The average Bonchev–Trinajstić information content (AvgIpc) is 2.54. The fourth-order valence-electron chi connectivity index (χ4n) is 3.52. The lowest BCUT2D eigenvalue weighted by Gasteiger charge is -2.35. The molecule has 25 heavy (non-hydrogen) atoms. The first-order valence-electron chi connectivity index (χ1n) is 8.82. The Balaban J connectivity index is 1.90. The molecule has 8 nitrogen and oxygen atoms in total. The van der Waals surface area contributed by atoms with Gasteiger partial charge in [0.2, 0.25) is 15.9 Å². The maximum Gasteiger partial charge on any atom is 0.318 e. The Kier molecular flexibility index (Phi) is 7.21. The van der Waals surface area contributed by atoms with Gasteiger partial charge in [-0.2, -0.15) is 4.31 Å². The van der Waals surface area contributed by atoms with Crippen molar-refractivity contribution in [2.24, 2.45) is 5.92 Å². The molecular formula is C16H28N2O6S. The van der Waals surface area contributed by atoms with E-state index in [-0.39, 0.29) is 12.5 Å². The van der Waals surface area contributed by atoms with E-state index in [4.69, 9.17) is 9.84 Å². The smallest absolute Gasteiger partial charge is 0.318 e. The van der Waals surface area contributed by atoms with Crippen molar-refractivity contribution in [2.45, 2.75) is 44.6 Å². The molecule has 1 heterocycles. The van der Waals surface area contributed by atoms with Crippen molar-refractivity contribution in [1.29, 1.82) is 0 Å². The lowest BCUT2D eigenvalue weighted by atomic mass is 9.86. The van der Waals surface area contributed by atoms with Gasteiger partial charge in [-0.1, -0.05) is 19.3 Å². The molecule has 1 saturated heterocycles. The third-order valence-electron chi connectivity index (χ3n) is 4.87. The van der Waals surface area contributed by atoms with Gasteiger partial charge in [0.25, 0.3) is 0 Å². The molecule has 0 bridgehead atoms. The lowest BCUT2D eigenvalue weighted by molar-refractivity contribution is -0.142. The third-order valence-corrected chi connectivity index (χ3v) is 6.08. The molecule has 1 aliphatic carbocycles. The van der Waals surface area contributed by atoms with Crippen molar-refractivity contribution in [1.82, 2.24) is 9.21 Å². The molecule has 2 rings (SSSR count). The summed E-state index contributed by atoms with van der Waals surface area (Å²) in [4.78, 5) is 25.1. The van der Waals surface area contributed by atoms with Crippen LogP contribution in [0.5, 0.6) is 0 Å². The highest BCUT2D eigenvalue weighted by Crippen LogP contribution is 2.27. The molecule has 2 fully saturated rings. The average molecular weight is 376 g/mol. The molecular weight excluding hydrogens is 348 g/mol. The summed E-state index contributed by atoms with van der Waals surface area (Å²) < 4.78 is 29.9. The number of rotatable bonds is 7. The highest BCUT2D eigenvalue weighted by Gasteiger charge is 2.30. The van der Waals surface area contributed by atoms with E-state index >= 15 is 0 Å². The standard InChI is InChI=1S/C16H28N2O6S/c1-25(22,23)18(12-16(20)21)11-14-10-17(7-8-24-14)15(19)9-13-5-3-2-4-6-13/h13-14H,2-12H2,1H3,(H,20,21). The Morgan fingerprint density at radius 1 is 1.24 bits per heavy atom. The number of hydrogen-bond donors (Lipinski definition) is 1. The van der Waals surface area contributed by atoms with E-state index in [1.165, 1.54) is 19.3 Å². The highest BCUT2D eigenvalue weighted by molar-refractivity contribution is 7.88. The van der Waals surface area contributed by atoms with Gasteiger partial charge in [-0.15, -0.1) is 0 Å². The molecule has 1 atom stereocenters. The van der Waals surface area contributed by atoms with Gasteiger partial charge >= 0.3 is 5.97 Å². The van der Waals surface area contributed by atoms with Crippen LogP contribution >= 0.6 is 0 Å². The molecule has 1 amide bonds. The second kappa shape index (κ2) is 8.95. The molecule has 1 aliphatic heterocycles. The summed E-state index contributed by atoms with van der Waals surface area (Å²) in [6, 6.07) is 0. The van der Waals surface area contributed by atoms with Crippen LogP contribution in [0.1, 0.15) is 38.5 Å². The van der Waals surface area contributed by atoms with Crippen LogP contribution in [0.3, 0.4) is 0 Å². The van der Waals surface area contributed by atoms with Crippen LogP contribution in [0.25, 0.3) is 0 Å². The van der Waals surface area contributed by atoms with E-state index in [0.29, 0.717) is 32.0 Å². The van der Waals surface area contributed by atoms with E-state index in [1.54, 1.807) is 4.90 Å². The van der Waals surface area contributed by atoms with Gasteiger partial charge in [-0.25, -0.2) is 8.42 Å². The van der Waals surface area contributed by atoms with Crippen LogP contribution in [-0.4, -0.2) is 79.8 Å². The number of amides is 1. The van der Waals surface area contributed by atoms with E-state index in [0.717, 1.165) is 23.4 Å². The van der Waals surface area contributed by atoms with Crippen molar-refractivity contribution < 1.29 is 27.9 Å². The maximum absolute atomic E-state index is 12.5. The molecule has 2 aliphatic rings. The minimum Gasteiger partial charge on any atom is -0.480 e. The first-order chi connectivity index (χ1) is 11.8. The van der Waals surface area contributed by atoms with Crippen molar-refractivity contribution in [2.75, 3.05) is 39.0 Å². The number of nitrogens with zero attached hydrogens (tertiary/aromatic N) is 2. The summed E-state index contributed by atoms with van der Waals surface area (Å²) in [6.07, 6.45) is 6.82. The van der Waals surface area contributed by atoms with Crippen LogP contribution in [0.15, 0.2) is 0 Å². The van der Waals surface area contributed by atoms with Gasteiger partial charge in [0.15, 0.2) is 0 Å². The predicted octanol–water partition coefficient (Wildman–Crippen LogP) is 0.530. The zero-order valence-electron chi connectivity index (χ0n) is 14.7. The molecule has 0 aromatic heterocycles. The van der Waals surface area contributed by atoms with Crippen molar-refractivity contribution in [3.8, 4) is 0 Å². The predicted molar refractivity (Wildman–Crippen MR) is 91.6 cm³/mol.